The second-order valence-corrected chi connectivity index (χ2v) is 11.0. The molecule has 0 bridgehead atoms. The fourth-order valence-electron chi connectivity index (χ4n) is 8.50. The van der Waals surface area contributed by atoms with Crippen LogP contribution in [0.1, 0.15) is 79.1 Å². The summed E-state index contributed by atoms with van der Waals surface area (Å²) in [6, 6.07) is 0. The molecule has 0 radical (unpaired) electrons. The highest BCUT2D eigenvalue weighted by Gasteiger charge is 2.62. The molecule has 0 aromatic carbocycles. The Morgan fingerprint density at radius 2 is 1.71 bits per heavy atom. The summed E-state index contributed by atoms with van der Waals surface area (Å²) >= 11 is 0. The maximum atomic E-state index is 11.5. The Kier molecular flexibility index (Phi) is 6.12. The molecule has 0 aromatic heterocycles. The van der Waals surface area contributed by atoms with Crippen LogP contribution >= 0.6 is 0 Å². The summed E-state index contributed by atoms with van der Waals surface area (Å²) in [5.41, 5.74) is 2.67. The summed E-state index contributed by atoms with van der Waals surface area (Å²) in [6.45, 7) is 8.61. The summed E-state index contributed by atoms with van der Waals surface area (Å²) in [4.78, 5) is 21.9. The molecule has 0 aliphatic heterocycles. The lowest BCUT2D eigenvalue weighted by atomic mass is 9.44. The van der Waals surface area contributed by atoms with E-state index in [4.69, 9.17) is 14.4 Å². The third-order valence-corrected chi connectivity index (χ3v) is 9.67. The standard InChI is InChI=1S/C25H40N2O4/c1-15(26-29-5)23-22(27-30-6)14-21-19-8-7-17-13-18(31-16(2)28)9-11-24(17,3)20(19)10-12-25(21,23)4/h17-21,23H,7-14H2,1-6H3/b26-15+,27-22-/t17-,18-,19-,20+,21-,23-,24-,25-/m0/s1. The first-order valence-electron chi connectivity index (χ1n) is 12.1. The second kappa shape index (κ2) is 8.40. The number of fused-ring (bicyclic) bond motifs is 5. The number of ether oxygens (including phenoxy) is 1. The number of carbonyl (C=O) groups excluding carboxylic acids is 1. The Bertz CT molecular complexity index is 765. The summed E-state index contributed by atoms with van der Waals surface area (Å²) in [6.07, 6.45) is 9.32. The molecule has 4 aliphatic rings. The molecule has 4 saturated carbocycles. The highest BCUT2D eigenvalue weighted by Crippen LogP contribution is 2.67. The smallest absolute Gasteiger partial charge is 0.302 e. The molecule has 0 heterocycles. The molecule has 174 valence electrons. The Morgan fingerprint density at radius 3 is 2.39 bits per heavy atom. The monoisotopic (exact) mass is 432 g/mol. The quantitative estimate of drug-likeness (QED) is 0.347. The van der Waals surface area contributed by atoms with E-state index in [1.807, 2.05) is 0 Å². The van der Waals surface area contributed by atoms with Crippen LogP contribution in [0.15, 0.2) is 10.3 Å². The number of esters is 1. The molecule has 4 fully saturated rings. The zero-order valence-electron chi connectivity index (χ0n) is 20.1. The fourth-order valence-corrected chi connectivity index (χ4v) is 8.50. The number of nitrogens with zero attached hydrogens (tertiary/aromatic N) is 2. The zero-order chi connectivity index (χ0) is 22.4. The van der Waals surface area contributed by atoms with Crippen LogP contribution in [0.25, 0.3) is 0 Å². The van der Waals surface area contributed by atoms with Crippen molar-refractivity contribution in [2.45, 2.75) is 85.2 Å². The molecule has 6 heteroatoms. The first kappa shape index (κ1) is 22.6. The van der Waals surface area contributed by atoms with E-state index in [0.717, 1.165) is 36.6 Å². The van der Waals surface area contributed by atoms with Crippen molar-refractivity contribution < 1.29 is 19.2 Å². The molecule has 0 unspecified atom stereocenters. The molecular formula is C25H40N2O4. The molecule has 8 atom stereocenters. The Labute approximate surface area is 187 Å². The first-order valence-corrected chi connectivity index (χ1v) is 12.1. The van der Waals surface area contributed by atoms with Gasteiger partial charge in [-0.2, -0.15) is 0 Å². The van der Waals surface area contributed by atoms with Crippen molar-refractivity contribution in [2.24, 2.45) is 50.7 Å². The lowest BCUT2D eigenvalue weighted by molar-refractivity contribution is -0.159. The SMILES string of the molecule is CO/N=C1/C[C@H]2[C@H]3CC[C@H]4C[C@@H](OC(C)=O)CC[C@]4(C)[C@@H]3CC[C@]2(C)[C@H]1/C(C)=N/OC. The van der Waals surface area contributed by atoms with Crippen LogP contribution in [0.4, 0.5) is 0 Å². The molecule has 31 heavy (non-hydrogen) atoms. The Hall–Kier alpha value is -1.59. The van der Waals surface area contributed by atoms with Crippen molar-refractivity contribution >= 4 is 17.4 Å². The summed E-state index contributed by atoms with van der Waals surface area (Å²) in [7, 11) is 3.27. The number of hydrogen-bond acceptors (Lipinski definition) is 6. The van der Waals surface area contributed by atoms with Crippen LogP contribution in [0.2, 0.25) is 0 Å². The van der Waals surface area contributed by atoms with Crippen LogP contribution in [-0.2, 0) is 19.2 Å². The Morgan fingerprint density at radius 1 is 0.968 bits per heavy atom. The van der Waals surface area contributed by atoms with Crippen LogP contribution < -0.4 is 0 Å². The van der Waals surface area contributed by atoms with E-state index in [1.54, 1.807) is 14.2 Å². The number of hydrogen-bond donors (Lipinski definition) is 0. The van der Waals surface area contributed by atoms with Crippen molar-refractivity contribution in [3.63, 3.8) is 0 Å². The average Bonchev–Trinajstić information content (AvgIpc) is 3.00. The van der Waals surface area contributed by atoms with Crippen molar-refractivity contribution in [3.05, 3.63) is 0 Å². The van der Waals surface area contributed by atoms with Crippen LogP contribution in [0.5, 0.6) is 0 Å². The highest BCUT2D eigenvalue weighted by atomic mass is 16.6. The van der Waals surface area contributed by atoms with Gasteiger partial charge in [-0.15, -0.1) is 0 Å². The minimum Gasteiger partial charge on any atom is -0.463 e. The lowest BCUT2D eigenvalue weighted by Crippen LogP contribution is -2.54. The summed E-state index contributed by atoms with van der Waals surface area (Å²) in [5.74, 6) is 2.79. The van der Waals surface area contributed by atoms with Crippen molar-refractivity contribution in [1.82, 2.24) is 0 Å². The van der Waals surface area contributed by atoms with Crippen molar-refractivity contribution in [2.75, 3.05) is 14.2 Å². The Balaban J connectivity index is 1.60. The maximum absolute atomic E-state index is 11.5. The molecule has 0 saturated heterocycles. The van der Waals surface area contributed by atoms with E-state index in [-0.39, 0.29) is 23.4 Å². The number of oxime groups is 2. The predicted molar refractivity (Wildman–Crippen MR) is 121 cm³/mol. The fraction of sp³-hybridized carbons (Fsp3) is 0.880. The highest BCUT2D eigenvalue weighted by molar-refractivity contribution is 6.08. The normalized spacial score (nSPS) is 46.0. The van der Waals surface area contributed by atoms with Gasteiger partial charge in [-0.3, -0.25) is 4.79 Å². The summed E-state index contributed by atoms with van der Waals surface area (Å²) in [5, 5.41) is 8.81. The van der Waals surface area contributed by atoms with Gasteiger partial charge in [0.05, 0.1) is 11.4 Å². The minimum atomic E-state index is -0.134. The molecule has 0 aromatic rings. The topological polar surface area (TPSA) is 69.5 Å². The second-order valence-electron chi connectivity index (χ2n) is 11.0. The summed E-state index contributed by atoms with van der Waals surface area (Å²) < 4.78 is 5.62. The van der Waals surface area contributed by atoms with Crippen molar-refractivity contribution in [1.29, 1.82) is 0 Å². The van der Waals surface area contributed by atoms with Gasteiger partial charge in [-0.05, 0) is 92.8 Å². The molecule has 0 spiro atoms. The lowest BCUT2D eigenvalue weighted by Gasteiger charge is -2.60. The molecule has 6 nitrogen and oxygen atoms in total. The largest absolute Gasteiger partial charge is 0.463 e. The van der Waals surface area contributed by atoms with E-state index in [9.17, 15) is 4.79 Å². The van der Waals surface area contributed by atoms with E-state index in [1.165, 1.54) is 39.0 Å². The predicted octanol–water partition coefficient (Wildman–Crippen LogP) is 5.21. The van der Waals surface area contributed by atoms with Gasteiger partial charge in [-0.1, -0.05) is 24.2 Å². The zero-order valence-corrected chi connectivity index (χ0v) is 20.1. The van der Waals surface area contributed by atoms with Gasteiger partial charge < -0.3 is 14.4 Å². The maximum Gasteiger partial charge on any atom is 0.302 e. The average molecular weight is 433 g/mol. The van der Waals surface area contributed by atoms with Crippen LogP contribution in [0.3, 0.4) is 0 Å². The van der Waals surface area contributed by atoms with Gasteiger partial charge >= 0.3 is 5.97 Å². The van der Waals surface area contributed by atoms with E-state index >= 15 is 0 Å². The molecule has 4 rings (SSSR count). The third-order valence-electron chi connectivity index (χ3n) is 9.67. The molecule has 0 amide bonds. The number of rotatable bonds is 4. The first-order chi connectivity index (χ1) is 14.7. The molecule has 0 N–H and O–H groups in total. The van der Waals surface area contributed by atoms with Gasteiger partial charge in [0, 0.05) is 12.8 Å². The van der Waals surface area contributed by atoms with Crippen molar-refractivity contribution in [3.8, 4) is 0 Å². The van der Waals surface area contributed by atoms with E-state index < -0.39 is 0 Å². The van der Waals surface area contributed by atoms with Gasteiger partial charge in [0.15, 0.2) is 0 Å². The van der Waals surface area contributed by atoms with Gasteiger partial charge in [0.25, 0.3) is 0 Å². The van der Waals surface area contributed by atoms with Gasteiger partial charge in [0.2, 0.25) is 0 Å². The van der Waals surface area contributed by atoms with Gasteiger partial charge in [-0.25, -0.2) is 0 Å². The van der Waals surface area contributed by atoms with E-state index in [0.29, 0.717) is 23.2 Å². The van der Waals surface area contributed by atoms with Crippen LogP contribution in [-0.4, -0.2) is 37.7 Å². The van der Waals surface area contributed by atoms with E-state index in [2.05, 4.69) is 31.1 Å². The van der Waals surface area contributed by atoms with Gasteiger partial charge in [0.1, 0.15) is 20.3 Å². The van der Waals surface area contributed by atoms with Crippen LogP contribution in [0, 0.1) is 40.4 Å². The molecular weight excluding hydrogens is 392 g/mol. The number of carbonyl (C=O) groups is 1. The minimum absolute atomic E-state index is 0.116. The third kappa shape index (κ3) is 3.68. The molecule has 4 aliphatic carbocycles.